The first-order valence-corrected chi connectivity index (χ1v) is 9.36. The number of ether oxygens (including phenoxy) is 2. The number of thiazole rings is 1. The Bertz CT molecular complexity index is 678. The normalized spacial score (nSPS) is 27.3. The summed E-state index contributed by atoms with van der Waals surface area (Å²) in [5, 5.41) is 0. The summed E-state index contributed by atoms with van der Waals surface area (Å²) in [7, 11) is 0. The zero-order valence-corrected chi connectivity index (χ0v) is 14.8. The largest absolute Gasteiger partial charge is 0.371 e. The van der Waals surface area contributed by atoms with Gasteiger partial charge in [0.15, 0.2) is 0 Å². The van der Waals surface area contributed by atoms with Gasteiger partial charge in [-0.1, -0.05) is 6.07 Å². The van der Waals surface area contributed by atoms with E-state index in [1.54, 1.807) is 17.5 Å². The van der Waals surface area contributed by atoms with Crippen molar-refractivity contribution in [2.45, 2.75) is 44.6 Å². The molecule has 128 valence electrons. The number of aryl methyl sites for hydroxylation is 1. The third-order valence-corrected chi connectivity index (χ3v) is 5.91. The van der Waals surface area contributed by atoms with Gasteiger partial charge >= 0.3 is 0 Å². The summed E-state index contributed by atoms with van der Waals surface area (Å²) in [6, 6.07) is 3.99. The second-order valence-electron chi connectivity index (χ2n) is 6.81. The van der Waals surface area contributed by atoms with Crippen molar-refractivity contribution in [3.8, 4) is 0 Å². The van der Waals surface area contributed by atoms with Crippen LogP contribution < -0.4 is 0 Å². The van der Waals surface area contributed by atoms with E-state index in [4.69, 9.17) is 9.47 Å². The molecule has 0 N–H and O–H groups in total. The van der Waals surface area contributed by atoms with Gasteiger partial charge < -0.3 is 9.47 Å². The molecule has 2 aliphatic heterocycles. The van der Waals surface area contributed by atoms with Gasteiger partial charge in [-0.3, -0.25) is 9.88 Å². The molecule has 2 aliphatic rings. The van der Waals surface area contributed by atoms with Crippen molar-refractivity contribution in [1.82, 2.24) is 14.9 Å². The van der Waals surface area contributed by atoms with Gasteiger partial charge in [-0.15, -0.1) is 11.3 Å². The van der Waals surface area contributed by atoms with E-state index in [1.165, 1.54) is 4.88 Å². The lowest BCUT2D eigenvalue weighted by atomic mass is 9.98. The fourth-order valence-electron chi connectivity index (χ4n) is 3.64. The van der Waals surface area contributed by atoms with Crippen molar-refractivity contribution in [3.63, 3.8) is 0 Å². The second kappa shape index (κ2) is 6.88. The molecule has 2 aromatic rings. The predicted molar refractivity (Wildman–Crippen MR) is 92.9 cm³/mol. The molecule has 0 bridgehead atoms. The van der Waals surface area contributed by atoms with E-state index in [-0.39, 0.29) is 11.7 Å². The summed E-state index contributed by atoms with van der Waals surface area (Å²) < 4.78 is 12.2. The fraction of sp³-hybridized carbons (Fsp3) is 0.556. The molecular weight excluding hydrogens is 322 g/mol. The molecule has 2 fully saturated rings. The number of hydrogen-bond donors (Lipinski definition) is 0. The zero-order chi connectivity index (χ0) is 16.4. The van der Waals surface area contributed by atoms with Crippen molar-refractivity contribution in [2.24, 2.45) is 0 Å². The van der Waals surface area contributed by atoms with Crippen LogP contribution in [-0.2, 0) is 22.6 Å². The van der Waals surface area contributed by atoms with Crippen LogP contribution >= 0.6 is 11.3 Å². The molecule has 0 amide bonds. The molecule has 0 unspecified atom stereocenters. The third-order valence-electron chi connectivity index (χ3n) is 4.99. The van der Waals surface area contributed by atoms with Gasteiger partial charge in [0.1, 0.15) is 0 Å². The average molecular weight is 345 g/mol. The molecule has 5 nitrogen and oxygen atoms in total. The van der Waals surface area contributed by atoms with E-state index in [2.05, 4.69) is 21.8 Å². The van der Waals surface area contributed by atoms with Crippen LogP contribution in [0.4, 0.5) is 0 Å². The number of likely N-dealkylation sites (tertiary alicyclic amines) is 1. The van der Waals surface area contributed by atoms with Gasteiger partial charge in [-0.05, 0) is 25.0 Å². The molecule has 1 spiro atoms. The molecule has 0 radical (unpaired) electrons. The van der Waals surface area contributed by atoms with Crippen molar-refractivity contribution >= 4 is 11.3 Å². The van der Waals surface area contributed by atoms with Crippen molar-refractivity contribution in [3.05, 3.63) is 46.2 Å². The Kier molecular flexibility index (Phi) is 4.63. The highest BCUT2D eigenvalue weighted by atomic mass is 32.1. The Morgan fingerprint density at radius 3 is 3.25 bits per heavy atom. The summed E-state index contributed by atoms with van der Waals surface area (Å²) in [6.07, 6.45) is 5.92. The van der Waals surface area contributed by atoms with Gasteiger partial charge in [0.25, 0.3) is 0 Å². The highest BCUT2D eigenvalue weighted by Crippen LogP contribution is 2.37. The maximum absolute atomic E-state index is 6.19. The molecule has 2 saturated heterocycles. The lowest BCUT2D eigenvalue weighted by Gasteiger charge is -2.23. The van der Waals surface area contributed by atoms with Gasteiger partial charge in [-0.25, -0.2) is 4.98 Å². The van der Waals surface area contributed by atoms with Gasteiger partial charge in [0, 0.05) is 43.3 Å². The Morgan fingerprint density at radius 2 is 2.46 bits per heavy atom. The van der Waals surface area contributed by atoms with Crippen LogP contribution in [0.2, 0.25) is 0 Å². The standard InChI is InChI=1S/C18H23N3O2S/c1-14-17(24-13-20-14)9-21-6-4-18(12-21)7-16(11-23-18)22-10-15-3-2-5-19-8-15/h2-3,5,8,13,16H,4,6-7,9-12H2,1H3/t16-,18+/m1/s1. The Morgan fingerprint density at radius 1 is 1.50 bits per heavy atom. The lowest BCUT2D eigenvalue weighted by Crippen LogP contribution is -2.32. The van der Waals surface area contributed by atoms with Crippen LogP contribution in [0.25, 0.3) is 0 Å². The van der Waals surface area contributed by atoms with Crippen molar-refractivity contribution in [1.29, 1.82) is 0 Å². The van der Waals surface area contributed by atoms with Crippen LogP contribution in [0.1, 0.15) is 29.0 Å². The molecular formula is C18H23N3O2S. The minimum absolute atomic E-state index is 0.0157. The number of hydrogen-bond acceptors (Lipinski definition) is 6. The molecule has 0 saturated carbocycles. The predicted octanol–water partition coefficient (Wildman–Crippen LogP) is 2.80. The highest BCUT2D eigenvalue weighted by Gasteiger charge is 2.45. The van der Waals surface area contributed by atoms with Gasteiger partial charge in [-0.2, -0.15) is 0 Å². The van der Waals surface area contributed by atoms with Gasteiger partial charge in [0.2, 0.25) is 0 Å². The molecule has 4 rings (SSSR count). The maximum atomic E-state index is 6.19. The van der Waals surface area contributed by atoms with E-state index in [1.807, 2.05) is 23.8 Å². The molecule has 2 atom stereocenters. The first-order valence-electron chi connectivity index (χ1n) is 8.48. The first-order chi connectivity index (χ1) is 11.7. The number of rotatable bonds is 5. The smallest absolute Gasteiger partial charge is 0.0847 e. The van der Waals surface area contributed by atoms with Crippen LogP contribution in [0.15, 0.2) is 30.0 Å². The number of aromatic nitrogens is 2. The van der Waals surface area contributed by atoms with Crippen molar-refractivity contribution < 1.29 is 9.47 Å². The van der Waals surface area contributed by atoms with Crippen LogP contribution in [-0.4, -0.2) is 46.3 Å². The maximum Gasteiger partial charge on any atom is 0.0847 e. The molecule has 4 heterocycles. The summed E-state index contributed by atoms with van der Waals surface area (Å²) >= 11 is 1.75. The zero-order valence-electron chi connectivity index (χ0n) is 14.0. The molecule has 24 heavy (non-hydrogen) atoms. The molecule has 0 aliphatic carbocycles. The Hall–Kier alpha value is -1.34. The van der Waals surface area contributed by atoms with Gasteiger partial charge in [0.05, 0.1) is 36.1 Å². The second-order valence-corrected chi connectivity index (χ2v) is 7.75. The molecule has 2 aromatic heterocycles. The Balaban J connectivity index is 1.29. The van der Waals surface area contributed by atoms with E-state index in [0.29, 0.717) is 13.2 Å². The number of pyridine rings is 1. The molecule has 6 heteroatoms. The quantitative estimate of drug-likeness (QED) is 0.834. The highest BCUT2D eigenvalue weighted by molar-refractivity contribution is 7.09. The summed E-state index contributed by atoms with van der Waals surface area (Å²) in [5.41, 5.74) is 4.20. The summed E-state index contributed by atoms with van der Waals surface area (Å²) in [5.74, 6) is 0. The average Bonchev–Trinajstić information content (AvgIpc) is 3.30. The van der Waals surface area contributed by atoms with Crippen molar-refractivity contribution in [2.75, 3.05) is 19.7 Å². The SMILES string of the molecule is Cc1ncsc1CN1CC[C@]2(C[C@@H](OCc3cccnc3)CO2)C1. The summed E-state index contributed by atoms with van der Waals surface area (Å²) in [4.78, 5) is 12.3. The van der Waals surface area contributed by atoms with Crippen LogP contribution in [0.3, 0.4) is 0 Å². The third kappa shape index (κ3) is 3.52. The van der Waals surface area contributed by atoms with Crippen LogP contribution in [0.5, 0.6) is 0 Å². The lowest BCUT2D eigenvalue weighted by molar-refractivity contribution is -0.000421. The van der Waals surface area contributed by atoms with E-state index in [9.17, 15) is 0 Å². The minimum atomic E-state index is -0.0157. The molecule has 0 aromatic carbocycles. The van der Waals surface area contributed by atoms with Crippen LogP contribution in [0, 0.1) is 6.92 Å². The van der Waals surface area contributed by atoms with E-state index < -0.39 is 0 Å². The topological polar surface area (TPSA) is 47.5 Å². The van der Waals surface area contributed by atoms with E-state index >= 15 is 0 Å². The minimum Gasteiger partial charge on any atom is -0.371 e. The first kappa shape index (κ1) is 16.1. The monoisotopic (exact) mass is 345 g/mol. The van der Waals surface area contributed by atoms with E-state index in [0.717, 1.165) is 43.7 Å². The number of nitrogens with zero attached hydrogens (tertiary/aromatic N) is 3. The summed E-state index contributed by atoms with van der Waals surface area (Å²) in [6.45, 7) is 6.48. The Labute approximate surface area is 146 Å². The fourth-order valence-corrected chi connectivity index (χ4v) is 4.45.